The summed E-state index contributed by atoms with van der Waals surface area (Å²) in [5.74, 6) is -2.77. The quantitative estimate of drug-likeness (QED) is 0.863. The Morgan fingerprint density at radius 3 is 2.74 bits per heavy atom. The average Bonchev–Trinajstić information content (AvgIpc) is 2.41. The summed E-state index contributed by atoms with van der Waals surface area (Å²) in [5, 5.41) is 11.3. The van der Waals surface area contributed by atoms with E-state index >= 15 is 0 Å². The van der Waals surface area contributed by atoms with Crippen molar-refractivity contribution in [2.45, 2.75) is 0 Å². The molecule has 0 atom stereocenters. The highest BCUT2D eigenvalue weighted by atomic mass is 19.1. The summed E-state index contributed by atoms with van der Waals surface area (Å²) in [6.07, 6.45) is 1.14. The second kappa shape index (κ2) is 5.38. The number of ether oxygens (including phenoxy) is 2. The summed E-state index contributed by atoms with van der Waals surface area (Å²) in [7, 11) is 0. The number of amides is 1. The third-order valence-corrected chi connectivity index (χ3v) is 2.33. The van der Waals surface area contributed by atoms with Crippen molar-refractivity contribution in [3.05, 3.63) is 41.6 Å². The van der Waals surface area contributed by atoms with Crippen LogP contribution in [0, 0.1) is 5.82 Å². The minimum absolute atomic E-state index is 0.0195. The van der Waals surface area contributed by atoms with E-state index in [9.17, 15) is 14.0 Å². The van der Waals surface area contributed by atoms with Crippen molar-refractivity contribution in [1.29, 1.82) is 0 Å². The first-order chi connectivity index (χ1) is 9.08. The minimum atomic E-state index is -1.34. The van der Waals surface area contributed by atoms with Crippen molar-refractivity contribution in [3.8, 4) is 0 Å². The van der Waals surface area contributed by atoms with Gasteiger partial charge in [0.25, 0.3) is 5.91 Å². The average molecular weight is 267 g/mol. The van der Waals surface area contributed by atoms with Crippen LogP contribution in [0.2, 0.25) is 0 Å². The maximum Gasteiger partial charge on any atom is 0.337 e. The van der Waals surface area contributed by atoms with Gasteiger partial charge in [-0.1, -0.05) is 0 Å². The highest BCUT2D eigenvalue weighted by Crippen LogP contribution is 2.18. The molecule has 1 amide bonds. The van der Waals surface area contributed by atoms with Crippen molar-refractivity contribution in [2.75, 3.05) is 18.5 Å². The highest BCUT2D eigenvalue weighted by Gasteiger charge is 2.18. The van der Waals surface area contributed by atoms with Crippen LogP contribution < -0.4 is 5.32 Å². The minimum Gasteiger partial charge on any atom is -0.494 e. The van der Waals surface area contributed by atoms with Gasteiger partial charge in [0.1, 0.15) is 25.3 Å². The SMILES string of the molecule is O=C(Nc1ccc(F)cc1C(=O)O)C1=COCCO1. The molecule has 1 heterocycles. The van der Waals surface area contributed by atoms with E-state index in [1.807, 2.05) is 0 Å². The third-order valence-electron chi connectivity index (χ3n) is 2.33. The van der Waals surface area contributed by atoms with Crippen LogP contribution in [-0.4, -0.2) is 30.2 Å². The van der Waals surface area contributed by atoms with E-state index in [1.165, 1.54) is 6.07 Å². The Labute approximate surface area is 107 Å². The zero-order chi connectivity index (χ0) is 13.8. The van der Waals surface area contributed by atoms with Crippen LogP contribution in [0.3, 0.4) is 0 Å². The molecule has 1 aromatic carbocycles. The van der Waals surface area contributed by atoms with E-state index in [-0.39, 0.29) is 23.6 Å². The second-order valence-corrected chi connectivity index (χ2v) is 3.65. The zero-order valence-electron chi connectivity index (χ0n) is 9.68. The Morgan fingerprint density at radius 1 is 1.32 bits per heavy atom. The lowest BCUT2D eigenvalue weighted by Gasteiger charge is -2.15. The molecule has 100 valence electrons. The second-order valence-electron chi connectivity index (χ2n) is 3.65. The predicted octanol–water partition coefficient (Wildman–Crippen LogP) is 1.35. The third kappa shape index (κ3) is 3.01. The zero-order valence-corrected chi connectivity index (χ0v) is 9.68. The van der Waals surface area contributed by atoms with Crippen LogP contribution in [0.4, 0.5) is 10.1 Å². The van der Waals surface area contributed by atoms with Gasteiger partial charge in [-0.3, -0.25) is 4.79 Å². The summed E-state index contributed by atoms with van der Waals surface area (Å²) in [4.78, 5) is 22.7. The van der Waals surface area contributed by atoms with E-state index in [0.717, 1.165) is 18.4 Å². The van der Waals surface area contributed by atoms with Crippen molar-refractivity contribution in [3.63, 3.8) is 0 Å². The number of carbonyl (C=O) groups is 2. The molecule has 7 heteroatoms. The molecule has 6 nitrogen and oxygen atoms in total. The number of carbonyl (C=O) groups excluding carboxylic acids is 1. The first-order valence-corrected chi connectivity index (χ1v) is 5.36. The molecule has 0 aromatic heterocycles. The number of nitrogens with one attached hydrogen (secondary N) is 1. The fourth-order valence-corrected chi connectivity index (χ4v) is 1.47. The topological polar surface area (TPSA) is 84.9 Å². The predicted molar refractivity (Wildman–Crippen MR) is 62.0 cm³/mol. The van der Waals surface area contributed by atoms with Crippen molar-refractivity contribution in [1.82, 2.24) is 0 Å². The summed E-state index contributed by atoms with van der Waals surface area (Å²) in [6.45, 7) is 0.572. The first-order valence-electron chi connectivity index (χ1n) is 5.36. The van der Waals surface area contributed by atoms with Gasteiger partial charge in [0.15, 0.2) is 0 Å². The van der Waals surface area contributed by atoms with Gasteiger partial charge in [-0.2, -0.15) is 0 Å². The first kappa shape index (κ1) is 12.9. The number of anilines is 1. The maximum atomic E-state index is 13.0. The van der Waals surface area contributed by atoms with Gasteiger partial charge >= 0.3 is 5.97 Å². The Bertz CT molecular complexity index is 555. The van der Waals surface area contributed by atoms with E-state index in [0.29, 0.717) is 6.61 Å². The lowest BCUT2D eigenvalue weighted by molar-refractivity contribution is -0.117. The molecule has 1 aliphatic heterocycles. The van der Waals surface area contributed by atoms with E-state index < -0.39 is 17.7 Å². The number of carboxylic acid groups (broad SMARTS) is 1. The Morgan fingerprint density at radius 2 is 2.11 bits per heavy atom. The summed E-state index contributed by atoms with van der Waals surface area (Å²) in [5.41, 5.74) is -0.361. The summed E-state index contributed by atoms with van der Waals surface area (Å²) < 4.78 is 22.9. The Balaban J connectivity index is 2.21. The molecular formula is C12H10FNO5. The number of carboxylic acids is 1. The summed E-state index contributed by atoms with van der Waals surface area (Å²) >= 11 is 0. The molecule has 0 fully saturated rings. The lowest BCUT2D eigenvalue weighted by atomic mass is 10.1. The standard InChI is InChI=1S/C12H10FNO5/c13-7-1-2-9(8(5-7)12(16)17)14-11(15)10-6-18-3-4-19-10/h1-2,5-6H,3-4H2,(H,14,15)(H,16,17). The molecule has 0 saturated heterocycles. The molecule has 0 saturated carbocycles. The number of aromatic carboxylic acids is 1. The molecule has 0 spiro atoms. The largest absolute Gasteiger partial charge is 0.494 e. The van der Waals surface area contributed by atoms with Crippen molar-refractivity contribution >= 4 is 17.6 Å². The van der Waals surface area contributed by atoms with Crippen LogP contribution in [-0.2, 0) is 14.3 Å². The Kier molecular flexibility index (Phi) is 3.65. The molecule has 19 heavy (non-hydrogen) atoms. The van der Waals surface area contributed by atoms with Crippen LogP contribution in [0.25, 0.3) is 0 Å². The number of benzene rings is 1. The van der Waals surface area contributed by atoms with Crippen LogP contribution in [0.15, 0.2) is 30.2 Å². The summed E-state index contributed by atoms with van der Waals surface area (Å²) in [6, 6.07) is 3.04. The maximum absolute atomic E-state index is 13.0. The number of hydrogen-bond acceptors (Lipinski definition) is 4. The number of halogens is 1. The van der Waals surface area contributed by atoms with Crippen LogP contribution >= 0.6 is 0 Å². The highest BCUT2D eigenvalue weighted by molar-refractivity contribution is 6.06. The molecule has 2 rings (SSSR count). The van der Waals surface area contributed by atoms with E-state index in [2.05, 4.69) is 5.32 Å². The molecule has 0 radical (unpaired) electrons. The molecule has 0 unspecified atom stereocenters. The van der Waals surface area contributed by atoms with Crippen LogP contribution in [0.5, 0.6) is 0 Å². The normalized spacial score (nSPS) is 13.8. The molecule has 2 N–H and O–H groups in total. The van der Waals surface area contributed by atoms with Crippen LogP contribution in [0.1, 0.15) is 10.4 Å². The van der Waals surface area contributed by atoms with Crippen molar-refractivity contribution in [2.24, 2.45) is 0 Å². The van der Waals surface area contributed by atoms with Gasteiger partial charge in [-0.05, 0) is 18.2 Å². The number of hydrogen-bond donors (Lipinski definition) is 2. The Hall–Kier alpha value is -2.57. The number of rotatable bonds is 3. The fraction of sp³-hybridized carbons (Fsp3) is 0.167. The fourth-order valence-electron chi connectivity index (χ4n) is 1.47. The van der Waals surface area contributed by atoms with Crippen molar-refractivity contribution < 1.29 is 28.6 Å². The molecular weight excluding hydrogens is 257 g/mol. The lowest BCUT2D eigenvalue weighted by Crippen LogP contribution is -2.22. The van der Waals surface area contributed by atoms with Gasteiger partial charge in [0, 0.05) is 0 Å². The molecule has 1 aliphatic rings. The van der Waals surface area contributed by atoms with Gasteiger partial charge in [0.05, 0.1) is 11.3 Å². The van der Waals surface area contributed by atoms with Gasteiger partial charge < -0.3 is 19.9 Å². The van der Waals surface area contributed by atoms with Gasteiger partial charge in [-0.25, -0.2) is 9.18 Å². The van der Waals surface area contributed by atoms with E-state index in [4.69, 9.17) is 14.6 Å². The monoisotopic (exact) mass is 267 g/mol. The van der Waals surface area contributed by atoms with E-state index in [1.54, 1.807) is 0 Å². The molecule has 0 aliphatic carbocycles. The van der Waals surface area contributed by atoms with Gasteiger partial charge in [-0.15, -0.1) is 0 Å². The molecule has 0 bridgehead atoms. The smallest absolute Gasteiger partial charge is 0.337 e. The molecule has 1 aromatic rings. The van der Waals surface area contributed by atoms with Gasteiger partial charge in [0.2, 0.25) is 5.76 Å².